The summed E-state index contributed by atoms with van der Waals surface area (Å²) in [6.45, 7) is 6.98. The summed E-state index contributed by atoms with van der Waals surface area (Å²) in [4.78, 5) is 16.5. The minimum atomic E-state index is 0.674. The number of hydrogen-bond donors (Lipinski definition) is 2. The number of hydrogen-bond acceptors (Lipinski definition) is 7. The predicted molar refractivity (Wildman–Crippen MR) is 108 cm³/mol. The Hall–Kier alpha value is -3.26. The first-order valence-corrected chi connectivity index (χ1v) is 9.37. The van der Waals surface area contributed by atoms with Crippen LogP contribution in [-0.2, 0) is 4.74 Å². The molecule has 0 bridgehead atoms. The standard InChI is InChI=1S/C20H21N7O/c1-12-3-5-14(6-4-12)17-15-11-21-20(27-7-9-28-10-8-27)24-18(15)23-19-16(22-17)13(2)25-26-19/h3-6,11H,7-10H2,1-2H3,(H2,21,23,24,25,26). The zero-order valence-corrected chi connectivity index (χ0v) is 15.9. The third kappa shape index (κ3) is 2.91. The summed E-state index contributed by atoms with van der Waals surface area (Å²) >= 11 is 0. The third-order valence-corrected chi connectivity index (χ3v) is 5.03. The largest absolute Gasteiger partial charge is 0.378 e. The summed E-state index contributed by atoms with van der Waals surface area (Å²) in [7, 11) is 0. The highest BCUT2D eigenvalue weighted by Crippen LogP contribution is 2.35. The highest BCUT2D eigenvalue weighted by Gasteiger charge is 2.24. The summed E-state index contributed by atoms with van der Waals surface area (Å²) in [5.41, 5.74) is 5.61. The van der Waals surface area contributed by atoms with Crippen molar-refractivity contribution in [1.82, 2.24) is 20.2 Å². The lowest BCUT2D eigenvalue weighted by atomic mass is 10.0. The summed E-state index contributed by atoms with van der Waals surface area (Å²) in [5.74, 6) is 2.07. The highest BCUT2D eigenvalue weighted by molar-refractivity contribution is 6.17. The van der Waals surface area contributed by atoms with Gasteiger partial charge >= 0.3 is 0 Å². The van der Waals surface area contributed by atoms with Crippen molar-refractivity contribution in [3.05, 3.63) is 52.8 Å². The van der Waals surface area contributed by atoms with Gasteiger partial charge in [-0.05, 0) is 13.8 Å². The molecule has 2 aromatic heterocycles. The van der Waals surface area contributed by atoms with Crippen LogP contribution in [0.2, 0.25) is 0 Å². The Labute approximate surface area is 162 Å². The topological polar surface area (TPSA) is 91.3 Å². The van der Waals surface area contributed by atoms with Crippen LogP contribution >= 0.6 is 0 Å². The predicted octanol–water partition coefficient (Wildman–Crippen LogP) is 2.88. The van der Waals surface area contributed by atoms with Gasteiger partial charge < -0.3 is 15.0 Å². The van der Waals surface area contributed by atoms with Crippen LogP contribution in [0.1, 0.15) is 22.4 Å². The average molecular weight is 375 g/mol. The average Bonchev–Trinajstić information content (AvgIpc) is 2.98. The van der Waals surface area contributed by atoms with E-state index in [1.54, 1.807) is 0 Å². The number of ether oxygens (including phenoxy) is 1. The van der Waals surface area contributed by atoms with E-state index in [9.17, 15) is 0 Å². The molecule has 142 valence electrons. The molecule has 8 heteroatoms. The fourth-order valence-corrected chi connectivity index (χ4v) is 3.42. The highest BCUT2D eigenvalue weighted by atomic mass is 16.5. The van der Waals surface area contributed by atoms with Crippen LogP contribution in [0.5, 0.6) is 0 Å². The van der Waals surface area contributed by atoms with Crippen molar-refractivity contribution in [2.75, 3.05) is 36.5 Å². The van der Waals surface area contributed by atoms with Crippen LogP contribution in [0.3, 0.4) is 0 Å². The minimum absolute atomic E-state index is 0.674. The van der Waals surface area contributed by atoms with E-state index >= 15 is 0 Å². The van der Waals surface area contributed by atoms with E-state index < -0.39 is 0 Å². The molecular weight excluding hydrogens is 354 g/mol. The second-order valence-electron chi connectivity index (χ2n) is 7.03. The quantitative estimate of drug-likeness (QED) is 0.560. The first kappa shape index (κ1) is 16.9. The third-order valence-electron chi connectivity index (χ3n) is 5.03. The summed E-state index contributed by atoms with van der Waals surface area (Å²) < 4.78 is 5.44. The molecule has 5 rings (SSSR count). The van der Waals surface area contributed by atoms with Gasteiger partial charge in [0, 0.05) is 24.8 Å². The van der Waals surface area contributed by atoms with Gasteiger partial charge in [0.25, 0.3) is 0 Å². The van der Waals surface area contributed by atoms with Crippen molar-refractivity contribution in [3.8, 4) is 0 Å². The lowest BCUT2D eigenvalue weighted by molar-refractivity contribution is 0.122. The molecule has 0 unspecified atom stereocenters. The molecular formula is C20H21N7O. The maximum atomic E-state index is 5.44. The Kier molecular flexibility index (Phi) is 4.05. The molecule has 0 radical (unpaired) electrons. The van der Waals surface area contributed by atoms with Gasteiger partial charge in [-0.1, -0.05) is 29.8 Å². The van der Waals surface area contributed by atoms with Crippen molar-refractivity contribution < 1.29 is 4.74 Å². The zero-order valence-electron chi connectivity index (χ0n) is 15.9. The fourth-order valence-electron chi connectivity index (χ4n) is 3.42. The first-order chi connectivity index (χ1) is 13.7. The van der Waals surface area contributed by atoms with Crippen molar-refractivity contribution in [2.45, 2.75) is 13.8 Å². The molecule has 2 aliphatic heterocycles. The minimum Gasteiger partial charge on any atom is -0.378 e. The van der Waals surface area contributed by atoms with E-state index in [0.29, 0.717) is 30.8 Å². The van der Waals surface area contributed by atoms with Gasteiger partial charge in [-0.2, -0.15) is 10.1 Å². The van der Waals surface area contributed by atoms with Gasteiger partial charge in [0.05, 0.1) is 30.2 Å². The Morgan fingerprint density at radius 1 is 1.04 bits per heavy atom. The van der Waals surface area contributed by atoms with E-state index in [2.05, 4.69) is 56.6 Å². The Morgan fingerprint density at radius 2 is 1.82 bits per heavy atom. The van der Waals surface area contributed by atoms with Crippen molar-refractivity contribution in [3.63, 3.8) is 0 Å². The molecule has 1 saturated heterocycles. The van der Waals surface area contributed by atoms with Crippen LogP contribution < -0.4 is 10.2 Å². The molecule has 3 aromatic rings. The first-order valence-electron chi connectivity index (χ1n) is 9.37. The number of aromatic amines is 1. The molecule has 8 nitrogen and oxygen atoms in total. The number of morpholine rings is 1. The second kappa shape index (κ2) is 6.72. The van der Waals surface area contributed by atoms with E-state index in [1.807, 2.05) is 13.1 Å². The van der Waals surface area contributed by atoms with Gasteiger partial charge in [-0.25, -0.2) is 9.98 Å². The summed E-state index contributed by atoms with van der Waals surface area (Å²) in [6, 6.07) is 8.33. The molecule has 0 saturated carbocycles. The molecule has 0 atom stereocenters. The Morgan fingerprint density at radius 3 is 2.61 bits per heavy atom. The van der Waals surface area contributed by atoms with Crippen molar-refractivity contribution in [1.29, 1.82) is 0 Å². The second-order valence-corrected chi connectivity index (χ2v) is 7.03. The van der Waals surface area contributed by atoms with E-state index in [4.69, 9.17) is 14.7 Å². The number of aliphatic imine (C=N–C) groups is 1. The molecule has 4 heterocycles. The van der Waals surface area contributed by atoms with Crippen LogP contribution in [0, 0.1) is 13.8 Å². The van der Waals surface area contributed by atoms with Crippen molar-refractivity contribution in [2.24, 2.45) is 4.99 Å². The molecule has 2 aliphatic rings. The molecule has 0 aliphatic carbocycles. The number of nitrogens with zero attached hydrogens (tertiary/aromatic N) is 5. The van der Waals surface area contributed by atoms with Crippen LogP contribution in [-0.4, -0.2) is 52.2 Å². The number of rotatable bonds is 2. The van der Waals surface area contributed by atoms with Gasteiger partial charge in [0.15, 0.2) is 5.82 Å². The van der Waals surface area contributed by atoms with Gasteiger partial charge in [0.1, 0.15) is 11.5 Å². The zero-order chi connectivity index (χ0) is 19.1. The number of H-pyrrole nitrogens is 1. The van der Waals surface area contributed by atoms with Gasteiger partial charge in [-0.3, -0.25) is 5.10 Å². The van der Waals surface area contributed by atoms with E-state index in [-0.39, 0.29) is 0 Å². The number of nitrogens with one attached hydrogen (secondary N) is 2. The summed E-state index contributed by atoms with van der Waals surface area (Å²) in [5, 5.41) is 10.7. The Balaban J connectivity index is 1.65. The van der Waals surface area contributed by atoms with Crippen LogP contribution in [0.25, 0.3) is 0 Å². The maximum Gasteiger partial charge on any atom is 0.227 e. The fraction of sp³-hybridized carbons (Fsp3) is 0.300. The number of aryl methyl sites for hydroxylation is 2. The molecule has 1 fully saturated rings. The smallest absolute Gasteiger partial charge is 0.227 e. The normalized spacial score (nSPS) is 15.9. The lowest BCUT2D eigenvalue weighted by Crippen LogP contribution is -2.37. The molecule has 0 spiro atoms. The number of anilines is 3. The molecule has 0 amide bonds. The molecule has 2 N–H and O–H groups in total. The van der Waals surface area contributed by atoms with Crippen LogP contribution in [0.15, 0.2) is 35.5 Å². The van der Waals surface area contributed by atoms with Crippen LogP contribution in [0.4, 0.5) is 23.3 Å². The SMILES string of the molecule is Cc1ccc(C2=Nc3c(n[nH]c3C)Nc3nc(N4CCOCC4)ncc32)cc1. The number of fused-ring (bicyclic) bond motifs is 2. The van der Waals surface area contributed by atoms with E-state index in [0.717, 1.165) is 41.3 Å². The molecule has 1 aromatic carbocycles. The number of benzene rings is 1. The lowest BCUT2D eigenvalue weighted by Gasteiger charge is -2.27. The monoisotopic (exact) mass is 375 g/mol. The van der Waals surface area contributed by atoms with E-state index in [1.165, 1.54) is 5.56 Å². The number of aromatic nitrogens is 4. The van der Waals surface area contributed by atoms with Gasteiger partial charge in [0.2, 0.25) is 5.95 Å². The summed E-state index contributed by atoms with van der Waals surface area (Å²) in [6.07, 6.45) is 1.85. The van der Waals surface area contributed by atoms with Crippen molar-refractivity contribution >= 4 is 29.0 Å². The van der Waals surface area contributed by atoms with Gasteiger partial charge in [-0.15, -0.1) is 0 Å². The Bertz CT molecular complexity index is 1050. The maximum absolute atomic E-state index is 5.44. The molecule has 28 heavy (non-hydrogen) atoms.